The fraction of sp³-hybridized carbons (Fsp3) is 0.182. The number of sulfonamides is 1. The lowest BCUT2D eigenvalue weighted by atomic mass is 10.1. The molecule has 18 heavy (non-hydrogen) atoms. The molecule has 0 spiro atoms. The van der Waals surface area contributed by atoms with Crippen molar-refractivity contribution in [3.8, 4) is 0 Å². The number of nitrogens with zero attached hydrogens (tertiary/aromatic N) is 1. The van der Waals surface area contributed by atoms with Crippen molar-refractivity contribution in [3.63, 3.8) is 0 Å². The number of benzene rings is 1. The van der Waals surface area contributed by atoms with Gasteiger partial charge >= 0.3 is 0 Å². The molecule has 1 heterocycles. The van der Waals surface area contributed by atoms with Gasteiger partial charge in [-0.05, 0) is 24.1 Å². The molecule has 4 N–H and O–H groups in total. The van der Waals surface area contributed by atoms with Crippen LogP contribution in [-0.4, -0.2) is 18.6 Å². The number of nitrogen functional groups attached to an aromatic ring is 1. The predicted molar refractivity (Wildman–Crippen MR) is 69.6 cm³/mol. The van der Waals surface area contributed by atoms with E-state index < -0.39 is 10.0 Å². The zero-order valence-electron chi connectivity index (χ0n) is 9.84. The number of anilines is 2. The predicted octanol–water partition coefficient (Wildman–Crippen LogP) is 1.36. The van der Waals surface area contributed by atoms with E-state index >= 15 is 0 Å². The Labute approximate surface area is 105 Å². The summed E-state index contributed by atoms with van der Waals surface area (Å²) >= 11 is 0. The van der Waals surface area contributed by atoms with Crippen LogP contribution in [0.4, 0.5) is 11.5 Å². The van der Waals surface area contributed by atoms with Crippen LogP contribution in [0.2, 0.25) is 0 Å². The van der Waals surface area contributed by atoms with E-state index in [9.17, 15) is 8.42 Å². The number of rotatable bonds is 4. The van der Waals surface area contributed by atoms with Crippen LogP contribution in [0.5, 0.6) is 0 Å². The fourth-order valence-electron chi connectivity index (χ4n) is 1.56. The van der Waals surface area contributed by atoms with Gasteiger partial charge in [0.15, 0.2) is 0 Å². The first kappa shape index (κ1) is 12.4. The summed E-state index contributed by atoms with van der Waals surface area (Å²) in [4.78, 5) is -0.0515. The number of hydrogen-bond acceptors (Lipinski definition) is 4. The summed E-state index contributed by atoms with van der Waals surface area (Å²) in [6.45, 7) is 2.00. The van der Waals surface area contributed by atoms with E-state index in [-0.39, 0.29) is 10.7 Å². The summed E-state index contributed by atoms with van der Waals surface area (Å²) in [5.41, 5.74) is 7.06. The van der Waals surface area contributed by atoms with Gasteiger partial charge in [-0.25, -0.2) is 8.42 Å². The van der Waals surface area contributed by atoms with Crippen LogP contribution in [-0.2, 0) is 16.4 Å². The van der Waals surface area contributed by atoms with Gasteiger partial charge < -0.3 is 5.73 Å². The van der Waals surface area contributed by atoms with E-state index in [2.05, 4.69) is 14.9 Å². The van der Waals surface area contributed by atoms with Crippen molar-refractivity contribution in [3.05, 3.63) is 36.0 Å². The molecule has 0 amide bonds. The van der Waals surface area contributed by atoms with Gasteiger partial charge in [-0.3, -0.25) is 9.82 Å². The van der Waals surface area contributed by atoms with E-state index in [1.807, 2.05) is 13.0 Å². The number of aromatic nitrogens is 2. The van der Waals surface area contributed by atoms with E-state index in [1.165, 1.54) is 6.20 Å². The lowest BCUT2D eigenvalue weighted by Crippen LogP contribution is -2.14. The summed E-state index contributed by atoms with van der Waals surface area (Å²) in [7, 11) is -3.69. The summed E-state index contributed by atoms with van der Waals surface area (Å²) < 4.78 is 26.5. The standard InChI is InChI=1S/C11H14N4O2S/c1-2-8-4-3-5-9(6-8)15-18(16,17)10-7-13-14-11(10)12/h3-7,15H,2H2,1H3,(H3,12,13,14). The zero-order valence-corrected chi connectivity index (χ0v) is 10.7. The molecule has 0 saturated heterocycles. The Balaban J connectivity index is 2.31. The van der Waals surface area contributed by atoms with Crippen LogP contribution in [0.25, 0.3) is 0 Å². The molecule has 1 aromatic carbocycles. The minimum atomic E-state index is -3.69. The summed E-state index contributed by atoms with van der Waals surface area (Å²) in [6, 6.07) is 7.21. The lowest BCUT2D eigenvalue weighted by molar-refractivity contribution is 0.601. The molecule has 2 aromatic rings. The number of hydrogen-bond donors (Lipinski definition) is 3. The third-order valence-electron chi connectivity index (χ3n) is 2.51. The number of aromatic amines is 1. The summed E-state index contributed by atoms with van der Waals surface area (Å²) in [5.74, 6) is 0.0224. The molecule has 0 aliphatic carbocycles. The second kappa shape index (κ2) is 4.69. The molecule has 1 aromatic heterocycles. The van der Waals surface area contributed by atoms with Crippen molar-refractivity contribution in [2.75, 3.05) is 10.5 Å². The van der Waals surface area contributed by atoms with Crippen molar-refractivity contribution in [2.45, 2.75) is 18.2 Å². The number of H-pyrrole nitrogens is 1. The van der Waals surface area contributed by atoms with Crippen molar-refractivity contribution < 1.29 is 8.42 Å². The van der Waals surface area contributed by atoms with Gasteiger partial charge in [0.25, 0.3) is 10.0 Å². The van der Waals surface area contributed by atoms with E-state index in [4.69, 9.17) is 5.73 Å². The van der Waals surface area contributed by atoms with Gasteiger partial charge in [0.2, 0.25) is 0 Å². The maximum atomic E-state index is 12.0. The second-order valence-electron chi connectivity index (χ2n) is 3.81. The maximum absolute atomic E-state index is 12.0. The fourth-order valence-corrected chi connectivity index (χ4v) is 2.64. The first-order valence-electron chi connectivity index (χ1n) is 5.43. The SMILES string of the molecule is CCc1cccc(NS(=O)(=O)c2cn[nH]c2N)c1. The lowest BCUT2D eigenvalue weighted by Gasteiger charge is -2.08. The molecule has 0 fully saturated rings. The van der Waals surface area contributed by atoms with Gasteiger partial charge in [-0.1, -0.05) is 19.1 Å². The van der Waals surface area contributed by atoms with Crippen LogP contribution in [0.15, 0.2) is 35.4 Å². The Hall–Kier alpha value is -2.02. The van der Waals surface area contributed by atoms with Gasteiger partial charge in [-0.2, -0.15) is 5.10 Å². The largest absolute Gasteiger partial charge is 0.383 e. The van der Waals surface area contributed by atoms with Crippen molar-refractivity contribution >= 4 is 21.5 Å². The number of aryl methyl sites for hydroxylation is 1. The van der Waals surface area contributed by atoms with Crippen LogP contribution in [0.3, 0.4) is 0 Å². The monoisotopic (exact) mass is 266 g/mol. The van der Waals surface area contributed by atoms with Gasteiger partial charge in [0, 0.05) is 5.69 Å². The quantitative estimate of drug-likeness (QED) is 0.777. The minimum absolute atomic E-state index is 0.0224. The Morgan fingerprint density at radius 1 is 1.44 bits per heavy atom. The Morgan fingerprint density at radius 2 is 2.22 bits per heavy atom. The molecule has 7 heteroatoms. The molecule has 0 aliphatic heterocycles. The van der Waals surface area contributed by atoms with Crippen LogP contribution >= 0.6 is 0 Å². The van der Waals surface area contributed by atoms with Gasteiger partial charge in [-0.15, -0.1) is 0 Å². The zero-order chi connectivity index (χ0) is 13.2. The smallest absolute Gasteiger partial charge is 0.267 e. The highest BCUT2D eigenvalue weighted by Gasteiger charge is 2.19. The number of nitrogens with two attached hydrogens (primary N) is 1. The minimum Gasteiger partial charge on any atom is -0.383 e. The molecule has 0 aliphatic rings. The topological polar surface area (TPSA) is 101 Å². The Morgan fingerprint density at radius 3 is 2.83 bits per heavy atom. The van der Waals surface area contributed by atoms with Crippen LogP contribution in [0.1, 0.15) is 12.5 Å². The normalized spacial score (nSPS) is 11.4. The Bertz CT molecular complexity index is 649. The number of nitrogens with one attached hydrogen (secondary N) is 2. The van der Waals surface area contributed by atoms with E-state index in [0.29, 0.717) is 5.69 Å². The molecule has 0 bridgehead atoms. The van der Waals surface area contributed by atoms with Gasteiger partial charge in [0.05, 0.1) is 6.20 Å². The first-order chi connectivity index (χ1) is 8.53. The van der Waals surface area contributed by atoms with Crippen LogP contribution in [0, 0.1) is 0 Å². The van der Waals surface area contributed by atoms with Gasteiger partial charge in [0.1, 0.15) is 10.7 Å². The molecule has 2 rings (SSSR count). The highest BCUT2D eigenvalue weighted by Crippen LogP contribution is 2.19. The third-order valence-corrected chi connectivity index (χ3v) is 3.92. The first-order valence-corrected chi connectivity index (χ1v) is 6.92. The highest BCUT2D eigenvalue weighted by atomic mass is 32.2. The van der Waals surface area contributed by atoms with Crippen molar-refractivity contribution in [2.24, 2.45) is 0 Å². The average Bonchev–Trinajstić information content (AvgIpc) is 2.76. The maximum Gasteiger partial charge on any atom is 0.267 e. The summed E-state index contributed by atoms with van der Waals surface area (Å²) in [5, 5.41) is 5.99. The van der Waals surface area contributed by atoms with Crippen molar-refractivity contribution in [1.82, 2.24) is 10.2 Å². The molecule has 6 nitrogen and oxygen atoms in total. The van der Waals surface area contributed by atoms with Crippen molar-refractivity contribution in [1.29, 1.82) is 0 Å². The third kappa shape index (κ3) is 2.45. The molecule has 0 saturated carbocycles. The second-order valence-corrected chi connectivity index (χ2v) is 5.46. The molecule has 0 radical (unpaired) electrons. The summed E-state index contributed by atoms with van der Waals surface area (Å²) in [6.07, 6.45) is 2.02. The average molecular weight is 266 g/mol. The molecule has 96 valence electrons. The van der Waals surface area contributed by atoms with E-state index in [0.717, 1.165) is 12.0 Å². The molecule has 0 atom stereocenters. The highest BCUT2D eigenvalue weighted by molar-refractivity contribution is 7.92. The van der Waals surface area contributed by atoms with E-state index in [1.54, 1.807) is 18.2 Å². The molecule has 0 unspecified atom stereocenters. The molecular weight excluding hydrogens is 252 g/mol. The van der Waals surface area contributed by atoms with Crippen LogP contribution < -0.4 is 10.5 Å². The molecular formula is C11H14N4O2S. The Kier molecular flexibility index (Phi) is 3.24.